The van der Waals surface area contributed by atoms with Crippen LogP contribution in [0, 0.1) is 0 Å². The molecule has 0 amide bonds. The Balaban J connectivity index is 2.96. The molecule has 0 unspecified atom stereocenters. The topological polar surface area (TPSA) is 57.6 Å². The van der Waals surface area contributed by atoms with Crippen molar-refractivity contribution in [1.29, 1.82) is 0 Å². The number of aliphatic hydroxyl groups excluding tert-OH is 1. The number of nitrogens with zero attached hydrogens (tertiary/aromatic N) is 1. The number of hydrogen-bond donors (Lipinski definition) is 1. The lowest BCUT2D eigenvalue weighted by Gasteiger charge is -2.20. The molecule has 0 aromatic heterocycles. The van der Waals surface area contributed by atoms with Gasteiger partial charge >= 0.3 is 0 Å². The number of hydrogen-bond acceptors (Lipinski definition) is 3. The standard InChI is InChI=1S/C14H23NO3S/c1-3-5-13-6-8-14(9-7-13)19(17,18)15(10-4-2)11-12-16/h6-9,16H,3-5,10-12H2,1-2H3. The third-order valence-electron chi connectivity index (χ3n) is 2.92. The van der Waals surface area contributed by atoms with E-state index in [-0.39, 0.29) is 13.2 Å². The first kappa shape index (κ1) is 16.1. The van der Waals surface area contributed by atoms with Gasteiger partial charge in [0.05, 0.1) is 11.5 Å². The molecule has 0 radical (unpaired) electrons. The molecule has 5 heteroatoms. The van der Waals surface area contributed by atoms with Crippen LogP contribution in [0.15, 0.2) is 29.2 Å². The van der Waals surface area contributed by atoms with Crippen LogP contribution in [-0.4, -0.2) is 37.5 Å². The molecule has 0 saturated heterocycles. The van der Waals surface area contributed by atoms with Crippen molar-refractivity contribution in [2.24, 2.45) is 0 Å². The lowest BCUT2D eigenvalue weighted by Crippen LogP contribution is -2.34. The molecular weight excluding hydrogens is 262 g/mol. The minimum absolute atomic E-state index is 0.146. The van der Waals surface area contributed by atoms with Gasteiger partial charge in [-0.2, -0.15) is 4.31 Å². The fourth-order valence-electron chi connectivity index (χ4n) is 1.98. The highest BCUT2D eigenvalue weighted by atomic mass is 32.2. The molecule has 1 aromatic rings. The predicted molar refractivity (Wildman–Crippen MR) is 76.6 cm³/mol. The molecule has 0 aliphatic rings. The molecule has 4 nitrogen and oxygen atoms in total. The minimum Gasteiger partial charge on any atom is -0.395 e. The summed E-state index contributed by atoms with van der Waals surface area (Å²) in [6.45, 7) is 4.43. The fraction of sp³-hybridized carbons (Fsp3) is 0.571. The quantitative estimate of drug-likeness (QED) is 0.795. The van der Waals surface area contributed by atoms with Crippen LogP contribution in [-0.2, 0) is 16.4 Å². The highest BCUT2D eigenvalue weighted by Crippen LogP contribution is 2.17. The van der Waals surface area contributed by atoms with Crippen molar-refractivity contribution in [3.05, 3.63) is 29.8 Å². The maximum atomic E-state index is 12.4. The van der Waals surface area contributed by atoms with Gasteiger partial charge in [-0.05, 0) is 30.5 Å². The first-order valence-corrected chi connectivity index (χ1v) is 8.20. The van der Waals surface area contributed by atoms with Crippen LogP contribution in [0.2, 0.25) is 0 Å². The molecular formula is C14H23NO3S. The number of sulfonamides is 1. The number of benzene rings is 1. The molecule has 0 fully saturated rings. The number of rotatable bonds is 8. The Morgan fingerprint density at radius 3 is 2.16 bits per heavy atom. The Morgan fingerprint density at radius 2 is 1.68 bits per heavy atom. The first-order valence-electron chi connectivity index (χ1n) is 6.76. The van der Waals surface area contributed by atoms with E-state index in [1.165, 1.54) is 4.31 Å². The van der Waals surface area contributed by atoms with Crippen molar-refractivity contribution in [2.75, 3.05) is 19.7 Å². The van der Waals surface area contributed by atoms with Crippen molar-refractivity contribution >= 4 is 10.0 Å². The summed E-state index contributed by atoms with van der Waals surface area (Å²) < 4.78 is 26.1. The summed E-state index contributed by atoms with van der Waals surface area (Å²) in [5, 5.41) is 8.98. The molecule has 19 heavy (non-hydrogen) atoms. The van der Waals surface area contributed by atoms with E-state index in [0.29, 0.717) is 11.4 Å². The van der Waals surface area contributed by atoms with Crippen molar-refractivity contribution < 1.29 is 13.5 Å². The van der Waals surface area contributed by atoms with E-state index in [1.807, 2.05) is 19.1 Å². The van der Waals surface area contributed by atoms with Crippen LogP contribution in [0.3, 0.4) is 0 Å². The van der Waals surface area contributed by atoms with Gasteiger partial charge in [0.2, 0.25) is 10.0 Å². The molecule has 1 N–H and O–H groups in total. The maximum absolute atomic E-state index is 12.4. The third kappa shape index (κ3) is 4.30. The molecule has 108 valence electrons. The molecule has 0 bridgehead atoms. The van der Waals surface area contributed by atoms with Crippen molar-refractivity contribution in [3.8, 4) is 0 Å². The second-order valence-corrected chi connectivity index (χ2v) is 6.46. The normalized spacial score (nSPS) is 12.0. The Morgan fingerprint density at radius 1 is 1.05 bits per heavy atom. The van der Waals surface area contributed by atoms with Crippen LogP contribution in [0.5, 0.6) is 0 Å². The van der Waals surface area contributed by atoms with Crippen LogP contribution in [0.25, 0.3) is 0 Å². The third-order valence-corrected chi connectivity index (χ3v) is 4.84. The minimum atomic E-state index is -3.48. The summed E-state index contributed by atoms with van der Waals surface area (Å²) in [4.78, 5) is 0.300. The molecule has 1 rings (SSSR count). The van der Waals surface area contributed by atoms with Gasteiger partial charge in [-0.25, -0.2) is 8.42 Å². The average molecular weight is 285 g/mol. The van der Waals surface area contributed by atoms with E-state index in [0.717, 1.165) is 24.8 Å². The summed E-state index contributed by atoms with van der Waals surface area (Å²) in [7, 11) is -3.48. The second kappa shape index (κ2) is 7.62. The Hall–Kier alpha value is -0.910. The van der Waals surface area contributed by atoms with Gasteiger partial charge in [0.15, 0.2) is 0 Å². The van der Waals surface area contributed by atoms with Gasteiger partial charge in [0.1, 0.15) is 0 Å². The molecule has 0 atom stereocenters. The van der Waals surface area contributed by atoms with E-state index in [4.69, 9.17) is 5.11 Å². The lowest BCUT2D eigenvalue weighted by molar-refractivity contribution is 0.253. The van der Waals surface area contributed by atoms with Crippen LogP contribution in [0.1, 0.15) is 32.3 Å². The monoisotopic (exact) mass is 285 g/mol. The van der Waals surface area contributed by atoms with Gasteiger partial charge in [-0.3, -0.25) is 0 Å². The molecule has 0 heterocycles. The van der Waals surface area contributed by atoms with Crippen LogP contribution >= 0.6 is 0 Å². The molecule has 0 aliphatic heterocycles. The zero-order valence-electron chi connectivity index (χ0n) is 11.7. The van der Waals surface area contributed by atoms with E-state index >= 15 is 0 Å². The number of aryl methyl sites for hydroxylation is 1. The SMILES string of the molecule is CCCc1ccc(S(=O)(=O)N(CCC)CCO)cc1. The Labute approximate surface area is 116 Å². The van der Waals surface area contributed by atoms with Crippen molar-refractivity contribution in [3.63, 3.8) is 0 Å². The van der Waals surface area contributed by atoms with E-state index in [9.17, 15) is 8.42 Å². The highest BCUT2D eigenvalue weighted by molar-refractivity contribution is 7.89. The Bertz CT molecular complexity index is 462. The Kier molecular flexibility index (Phi) is 6.48. The smallest absolute Gasteiger partial charge is 0.243 e. The van der Waals surface area contributed by atoms with Gasteiger partial charge < -0.3 is 5.11 Å². The second-order valence-electron chi connectivity index (χ2n) is 4.52. The van der Waals surface area contributed by atoms with Gasteiger partial charge in [0.25, 0.3) is 0 Å². The summed E-state index contributed by atoms with van der Waals surface area (Å²) in [6.07, 6.45) is 2.72. The zero-order chi connectivity index (χ0) is 14.3. The molecule has 0 aliphatic carbocycles. The molecule has 1 aromatic carbocycles. The zero-order valence-corrected chi connectivity index (χ0v) is 12.5. The van der Waals surface area contributed by atoms with E-state index < -0.39 is 10.0 Å². The fourth-order valence-corrected chi connectivity index (χ4v) is 3.50. The maximum Gasteiger partial charge on any atom is 0.243 e. The summed E-state index contributed by atoms with van der Waals surface area (Å²) in [5.74, 6) is 0. The summed E-state index contributed by atoms with van der Waals surface area (Å²) in [5.41, 5.74) is 1.14. The van der Waals surface area contributed by atoms with E-state index in [1.54, 1.807) is 12.1 Å². The summed E-state index contributed by atoms with van der Waals surface area (Å²) >= 11 is 0. The average Bonchev–Trinajstić information content (AvgIpc) is 2.39. The van der Waals surface area contributed by atoms with Gasteiger partial charge in [-0.15, -0.1) is 0 Å². The van der Waals surface area contributed by atoms with E-state index in [2.05, 4.69) is 6.92 Å². The van der Waals surface area contributed by atoms with Crippen LogP contribution < -0.4 is 0 Å². The summed E-state index contributed by atoms with van der Waals surface area (Å²) in [6, 6.07) is 7.03. The van der Waals surface area contributed by atoms with Gasteiger partial charge in [0, 0.05) is 13.1 Å². The molecule has 0 saturated carbocycles. The first-order chi connectivity index (χ1) is 9.06. The van der Waals surface area contributed by atoms with Crippen LogP contribution in [0.4, 0.5) is 0 Å². The lowest BCUT2D eigenvalue weighted by atomic mass is 10.1. The van der Waals surface area contributed by atoms with Crippen molar-refractivity contribution in [1.82, 2.24) is 4.31 Å². The highest BCUT2D eigenvalue weighted by Gasteiger charge is 2.22. The predicted octanol–water partition coefficient (Wildman–Crippen LogP) is 2.03. The molecule has 0 spiro atoms. The largest absolute Gasteiger partial charge is 0.395 e. The number of aliphatic hydroxyl groups is 1. The van der Waals surface area contributed by atoms with Gasteiger partial charge in [-0.1, -0.05) is 32.4 Å². The van der Waals surface area contributed by atoms with Crippen molar-refractivity contribution in [2.45, 2.75) is 38.0 Å².